The molecule has 0 fully saturated rings. The Hall–Kier alpha value is -1.88. The summed E-state index contributed by atoms with van der Waals surface area (Å²) >= 11 is 0. The van der Waals surface area contributed by atoms with Crippen molar-refractivity contribution in [3.8, 4) is 0 Å². The minimum Gasteiger partial charge on any atom is -0.347 e. The molecule has 5 nitrogen and oxygen atoms in total. The first-order valence-corrected chi connectivity index (χ1v) is 6.87. The molecule has 1 aromatic rings. The van der Waals surface area contributed by atoms with Crippen LogP contribution in [0.1, 0.15) is 25.8 Å². The van der Waals surface area contributed by atoms with Gasteiger partial charge in [-0.3, -0.25) is 9.59 Å². The number of nitrogens with two attached hydrogens (primary N) is 1. The van der Waals surface area contributed by atoms with E-state index in [0.29, 0.717) is 13.1 Å². The van der Waals surface area contributed by atoms with E-state index in [9.17, 15) is 9.59 Å². The molecule has 5 heteroatoms. The standard InChI is InChI=1S/C15H23N3O2/c1-3-18(11-13-7-5-4-6-8-13)15(20)10-17-14(19)9-12(2)16/h4-8,12H,3,9-11,16H2,1-2H3,(H,17,19). The number of nitrogens with one attached hydrogen (secondary N) is 1. The van der Waals surface area contributed by atoms with Crippen molar-refractivity contribution in [3.63, 3.8) is 0 Å². The molecule has 0 saturated carbocycles. The van der Waals surface area contributed by atoms with E-state index in [4.69, 9.17) is 5.73 Å². The highest BCUT2D eigenvalue weighted by Crippen LogP contribution is 2.04. The van der Waals surface area contributed by atoms with Gasteiger partial charge < -0.3 is 16.0 Å². The van der Waals surface area contributed by atoms with Crippen LogP contribution in [-0.2, 0) is 16.1 Å². The first-order chi connectivity index (χ1) is 9.52. The lowest BCUT2D eigenvalue weighted by Gasteiger charge is -2.21. The molecule has 0 heterocycles. The van der Waals surface area contributed by atoms with Gasteiger partial charge in [0.05, 0.1) is 6.54 Å². The predicted molar refractivity (Wildman–Crippen MR) is 78.8 cm³/mol. The SMILES string of the molecule is CCN(Cc1ccccc1)C(=O)CNC(=O)CC(C)N. The fraction of sp³-hybridized carbons (Fsp3) is 0.467. The minimum atomic E-state index is -0.198. The van der Waals surface area contributed by atoms with E-state index in [1.165, 1.54) is 0 Å². The van der Waals surface area contributed by atoms with Gasteiger partial charge in [-0.15, -0.1) is 0 Å². The molecular formula is C15H23N3O2. The number of benzene rings is 1. The molecule has 0 radical (unpaired) electrons. The van der Waals surface area contributed by atoms with Gasteiger partial charge in [-0.1, -0.05) is 30.3 Å². The van der Waals surface area contributed by atoms with Crippen molar-refractivity contribution in [3.05, 3.63) is 35.9 Å². The Kier molecular flexibility index (Phi) is 6.73. The molecule has 3 N–H and O–H groups in total. The first-order valence-electron chi connectivity index (χ1n) is 6.87. The maximum atomic E-state index is 12.0. The molecular weight excluding hydrogens is 254 g/mol. The maximum absolute atomic E-state index is 12.0. The molecule has 0 aromatic heterocycles. The molecule has 0 aliphatic rings. The largest absolute Gasteiger partial charge is 0.347 e. The van der Waals surface area contributed by atoms with E-state index in [1.54, 1.807) is 11.8 Å². The van der Waals surface area contributed by atoms with Gasteiger partial charge in [0, 0.05) is 25.6 Å². The third-order valence-electron chi connectivity index (χ3n) is 2.89. The fourth-order valence-corrected chi connectivity index (χ4v) is 1.83. The Balaban J connectivity index is 2.45. The smallest absolute Gasteiger partial charge is 0.242 e. The number of hydrogen-bond donors (Lipinski definition) is 2. The van der Waals surface area contributed by atoms with Crippen molar-refractivity contribution >= 4 is 11.8 Å². The molecule has 20 heavy (non-hydrogen) atoms. The summed E-state index contributed by atoms with van der Waals surface area (Å²) in [6.07, 6.45) is 0.234. The van der Waals surface area contributed by atoms with E-state index in [-0.39, 0.29) is 30.8 Å². The summed E-state index contributed by atoms with van der Waals surface area (Å²) in [7, 11) is 0. The zero-order chi connectivity index (χ0) is 15.0. The van der Waals surface area contributed by atoms with Gasteiger partial charge in [-0.25, -0.2) is 0 Å². The molecule has 110 valence electrons. The summed E-state index contributed by atoms with van der Waals surface area (Å²) < 4.78 is 0. The highest BCUT2D eigenvalue weighted by Gasteiger charge is 2.13. The number of hydrogen-bond acceptors (Lipinski definition) is 3. The van der Waals surface area contributed by atoms with Gasteiger partial charge >= 0.3 is 0 Å². The van der Waals surface area contributed by atoms with E-state index in [0.717, 1.165) is 5.56 Å². The van der Waals surface area contributed by atoms with Crippen LogP contribution in [0.4, 0.5) is 0 Å². The van der Waals surface area contributed by atoms with Gasteiger partial charge in [0.15, 0.2) is 0 Å². The normalized spacial score (nSPS) is 11.8. The summed E-state index contributed by atoms with van der Waals surface area (Å²) in [4.78, 5) is 25.2. The second-order valence-electron chi connectivity index (χ2n) is 4.85. The molecule has 1 rings (SSSR count). The Morgan fingerprint density at radius 1 is 1.30 bits per heavy atom. The van der Waals surface area contributed by atoms with Crippen molar-refractivity contribution < 1.29 is 9.59 Å². The van der Waals surface area contributed by atoms with Crippen LogP contribution in [0.15, 0.2) is 30.3 Å². The monoisotopic (exact) mass is 277 g/mol. The molecule has 0 aliphatic heterocycles. The zero-order valence-electron chi connectivity index (χ0n) is 12.1. The number of nitrogens with zero attached hydrogens (tertiary/aromatic N) is 1. The molecule has 1 unspecified atom stereocenters. The molecule has 0 saturated heterocycles. The average Bonchev–Trinajstić information content (AvgIpc) is 2.42. The number of rotatable bonds is 7. The van der Waals surface area contributed by atoms with Gasteiger partial charge in [0.1, 0.15) is 0 Å². The van der Waals surface area contributed by atoms with E-state index < -0.39 is 0 Å². The van der Waals surface area contributed by atoms with Crippen LogP contribution in [0, 0.1) is 0 Å². The summed E-state index contributed by atoms with van der Waals surface area (Å²) in [5, 5.41) is 2.60. The fourth-order valence-electron chi connectivity index (χ4n) is 1.83. The molecule has 0 aliphatic carbocycles. The molecule has 0 bridgehead atoms. The summed E-state index contributed by atoms with van der Waals surface area (Å²) in [6, 6.07) is 9.58. The Morgan fingerprint density at radius 3 is 2.50 bits per heavy atom. The minimum absolute atomic E-state index is 0.0201. The molecule has 1 atom stereocenters. The molecule has 0 spiro atoms. The summed E-state index contributed by atoms with van der Waals surface area (Å²) in [6.45, 7) is 4.86. The second kappa shape index (κ2) is 8.32. The lowest BCUT2D eigenvalue weighted by atomic mass is 10.2. The van der Waals surface area contributed by atoms with Crippen LogP contribution in [-0.4, -0.2) is 35.8 Å². The summed E-state index contributed by atoms with van der Waals surface area (Å²) in [5.41, 5.74) is 6.61. The number of likely N-dealkylation sites (N-methyl/N-ethyl adjacent to an activating group) is 1. The van der Waals surface area contributed by atoms with E-state index in [1.807, 2.05) is 37.3 Å². The predicted octanol–water partition coefficient (Wildman–Crippen LogP) is 0.889. The lowest BCUT2D eigenvalue weighted by Crippen LogP contribution is -2.40. The maximum Gasteiger partial charge on any atom is 0.242 e. The van der Waals surface area contributed by atoms with Crippen LogP contribution in [0.5, 0.6) is 0 Å². The number of amides is 2. The second-order valence-corrected chi connectivity index (χ2v) is 4.85. The van der Waals surface area contributed by atoms with Gasteiger partial charge in [-0.05, 0) is 19.4 Å². The van der Waals surface area contributed by atoms with Crippen LogP contribution in [0.3, 0.4) is 0 Å². The van der Waals surface area contributed by atoms with Crippen LogP contribution >= 0.6 is 0 Å². The van der Waals surface area contributed by atoms with Crippen LogP contribution in [0.2, 0.25) is 0 Å². The van der Waals surface area contributed by atoms with Crippen molar-refractivity contribution in [1.29, 1.82) is 0 Å². The highest BCUT2D eigenvalue weighted by molar-refractivity contribution is 5.84. The Labute approximate surface area is 120 Å². The number of carbonyl (C=O) groups is 2. The van der Waals surface area contributed by atoms with Crippen LogP contribution < -0.4 is 11.1 Å². The van der Waals surface area contributed by atoms with E-state index >= 15 is 0 Å². The Morgan fingerprint density at radius 2 is 1.95 bits per heavy atom. The zero-order valence-corrected chi connectivity index (χ0v) is 12.1. The van der Waals surface area contributed by atoms with Gasteiger partial charge in [0.25, 0.3) is 0 Å². The van der Waals surface area contributed by atoms with Crippen molar-refractivity contribution in [2.24, 2.45) is 5.73 Å². The molecule has 2 amide bonds. The third-order valence-corrected chi connectivity index (χ3v) is 2.89. The highest BCUT2D eigenvalue weighted by atomic mass is 16.2. The summed E-state index contributed by atoms with van der Waals surface area (Å²) in [5.74, 6) is -0.279. The lowest BCUT2D eigenvalue weighted by molar-refractivity contribution is -0.133. The van der Waals surface area contributed by atoms with E-state index in [2.05, 4.69) is 5.32 Å². The quantitative estimate of drug-likeness (QED) is 0.777. The van der Waals surface area contributed by atoms with Crippen molar-refractivity contribution in [2.45, 2.75) is 32.9 Å². The van der Waals surface area contributed by atoms with Gasteiger partial charge in [-0.2, -0.15) is 0 Å². The number of carbonyl (C=O) groups excluding carboxylic acids is 2. The van der Waals surface area contributed by atoms with Gasteiger partial charge in [0.2, 0.25) is 11.8 Å². The van der Waals surface area contributed by atoms with Crippen molar-refractivity contribution in [1.82, 2.24) is 10.2 Å². The van der Waals surface area contributed by atoms with Crippen LogP contribution in [0.25, 0.3) is 0 Å². The topological polar surface area (TPSA) is 75.4 Å². The first kappa shape index (κ1) is 16.2. The third kappa shape index (κ3) is 5.84. The van der Waals surface area contributed by atoms with Crippen molar-refractivity contribution in [2.75, 3.05) is 13.1 Å². The Bertz CT molecular complexity index is 432. The average molecular weight is 277 g/mol. The molecule has 1 aromatic carbocycles.